The van der Waals surface area contributed by atoms with E-state index in [2.05, 4.69) is 0 Å². The summed E-state index contributed by atoms with van der Waals surface area (Å²) in [6.45, 7) is 6.15. The molecule has 120 valence electrons. The number of aliphatic imine (C=N–C) groups is 1. The largest absolute Gasteiger partial charge is 0.485 e. The highest BCUT2D eigenvalue weighted by Gasteiger charge is 2.20. The molecule has 2 aromatic carbocycles. The van der Waals surface area contributed by atoms with Gasteiger partial charge in [0, 0.05) is 10.9 Å². The molecule has 1 aromatic heterocycles. The quantitative estimate of drug-likeness (QED) is 0.631. The Hall–Kier alpha value is -2.88. The fraction of sp³-hybridized carbons (Fsp3) is 0.200. The third-order valence-corrected chi connectivity index (χ3v) is 4.56. The van der Waals surface area contributed by atoms with Gasteiger partial charge in [-0.15, -0.1) is 0 Å². The first kappa shape index (κ1) is 14.7. The molecule has 0 unspecified atom stereocenters. The summed E-state index contributed by atoms with van der Waals surface area (Å²) in [5.74, 6) is 0.643. The topological polar surface area (TPSA) is 51.8 Å². The summed E-state index contributed by atoms with van der Waals surface area (Å²) < 4.78 is 11.4. The van der Waals surface area contributed by atoms with Crippen molar-refractivity contribution in [2.24, 2.45) is 4.99 Å². The maximum absolute atomic E-state index is 12.1. The van der Waals surface area contributed by atoms with Crippen molar-refractivity contribution in [1.29, 1.82) is 0 Å². The zero-order valence-corrected chi connectivity index (χ0v) is 13.8. The molecule has 24 heavy (non-hydrogen) atoms. The molecule has 1 aliphatic heterocycles. The van der Waals surface area contributed by atoms with Crippen LogP contribution in [-0.4, -0.2) is 12.3 Å². The summed E-state index contributed by atoms with van der Waals surface area (Å²) in [4.78, 5) is 16.8. The lowest BCUT2D eigenvalue weighted by Gasteiger charge is -2.18. The summed E-state index contributed by atoms with van der Waals surface area (Å²) in [5.41, 5.74) is 5.33. The Balaban J connectivity index is 1.96. The van der Waals surface area contributed by atoms with E-state index in [1.54, 1.807) is 6.92 Å². The van der Waals surface area contributed by atoms with E-state index in [-0.39, 0.29) is 5.63 Å². The molecule has 4 heteroatoms. The average molecular weight is 319 g/mol. The van der Waals surface area contributed by atoms with Crippen LogP contribution in [0.3, 0.4) is 0 Å². The van der Waals surface area contributed by atoms with Crippen LogP contribution in [0.2, 0.25) is 0 Å². The van der Waals surface area contributed by atoms with Gasteiger partial charge >= 0.3 is 5.63 Å². The molecule has 0 atom stereocenters. The first-order valence-corrected chi connectivity index (χ1v) is 7.89. The van der Waals surface area contributed by atoms with E-state index in [9.17, 15) is 4.79 Å². The van der Waals surface area contributed by atoms with Gasteiger partial charge in [-0.2, -0.15) is 0 Å². The minimum atomic E-state index is -0.328. The molecule has 0 radical (unpaired) electrons. The number of aryl methyl sites for hydroxylation is 2. The van der Waals surface area contributed by atoms with Gasteiger partial charge in [0.15, 0.2) is 5.58 Å². The van der Waals surface area contributed by atoms with Crippen molar-refractivity contribution in [3.63, 3.8) is 0 Å². The number of nitrogens with zero attached hydrogens (tertiary/aromatic N) is 1. The van der Waals surface area contributed by atoms with Gasteiger partial charge < -0.3 is 9.15 Å². The highest BCUT2D eigenvalue weighted by Crippen LogP contribution is 2.39. The van der Waals surface area contributed by atoms with Crippen LogP contribution in [0.4, 0.5) is 5.69 Å². The summed E-state index contributed by atoms with van der Waals surface area (Å²) >= 11 is 0. The number of fused-ring (bicyclic) bond motifs is 3. The van der Waals surface area contributed by atoms with Gasteiger partial charge in [-0.25, -0.2) is 9.79 Å². The van der Waals surface area contributed by atoms with Crippen LogP contribution >= 0.6 is 0 Å². The van der Waals surface area contributed by atoms with Crippen molar-refractivity contribution in [3.8, 4) is 5.75 Å². The lowest BCUT2D eigenvalue weighted by atomic mass is 10.0. The van der Waals surface area contributed by atoms with Crippen LogP contribution in [0.25, 0.3) is 11.0 Å². The number of hydrogen-bond acceptors (Lipinski definition) is 4. The van der Waals surface area contributed by atoms with Gasteiger partial charge in [0.25, 0.3) is 0 Å². The third kappa shape index (κ3) is 2.22. The van der Waals surface area contributed by atoms with E-state index < -0.39 is 0 Å². The van der Waals surface area contributed by atoms with E-state index >= 15 is 0 Å². The van der Waals surface area contributed by atoms with E-state index in [1.807, 2.05) is 50.2 Å². The molecule has 3 aromatic rings. The van der Waals surface area contributed by atoms with Crippen molar-refractivity contribution in [2.45, 2.75) is 20.8 Å². The van der Waals surface area contributed by atoms with Crippen LogP contribution < -0.4 is 10.4 Å². The van der Waals surface area contributed by atoms with E-state index in [4.69, 9.17) is 14.1 Å². The van der Waals surface area contributed by atoms with Gasteiger partial charge in [0.05, 0.1) is 5.71 Å². The highest BCUT2D eigenvalue weighted by atomic mass is 16.5. The highest BCUT2D eigenvalue weighted by molar-refractivity contribution is 6.07. The van der Waals surface area contributed by atoms with Crippen LogP contribution in [0, 0.1) is 20.8 Å². The molecule has 0 amide bonds. The van der Waals surface area contributed by atoms with Gasteiger partial charge in [-0.3, -0.25) is 0 Å². The van der Waals surface area contributed by atoms with E-state index in [1.165, 1.54) is 5.56 Å². The molecule has 1 aliphatic rings. The second-order valence-electron chi connectivity index (χ2n) is 6.14. The Kier molecular flexibility index (Phi) is 3.27. The Morgan fingerprint density at radius 3 is 2.46 bits per heavy atom. The fourth-order valence-corrected chi connectivity index (χ4v) is 2.91. The molecule has 0 saturated heterocycles. The monoisotopic (exact) mass is 319 g/mol. The fourth-order valence-electron chi connectivity index (χ4n) is 2.91. The third-order valence-electron chi connectivity index (χ3n) is 4.56. The number of hydrogen-bond donors (Lipinski definition) is 0. The average Bonchev–Trinajstić information content (AvgIpc) is 2.60. The lowest BCUT2D eigenvalue weighted by Crippen LogP contribution is -2.16. The van der Waals surface area contributed by atoms with Crippen molar-refractivity contribution in [2.75, 3.05) is 6.61 Å². The van der Waals surface area contributed by atoms with Crippen LogP contribution in [0.15, 0.2) is 50.6 Å². The summed E-state index contributed by atoms with van der Waals surface area (Å²) in [5, 5.41) is 0.892. The maximum Gasteiger partial charge on any atom is 0.339 e. The van der Waals surface area contributed by atoms with Gasteiger partial charge in [-0.1, -0.05) is 29.8 Å². The van der Waals surface area contributed by atoms with Gasteiger partial charge in [0.2, 0.25) is 0 Å². The normalized spacial score (nSPS) is 13.4. The van der Waals surface area contributed by atoms with E-state index in [0.29, 0.717) is 29.2 Å². The zero-order valence-electron chi connectivity index (χ0n) is 13.8. The standard InChI is InChI=1S/C20H17NO3/c1-11-4-6-14(7-5-11)16-10-23-17-9-8-15-12(2)13(3)20(22)24-19(15)18(17)21-16/h4-9H,10H2,1-3H3. The Morgan fingerprint density at radius 1 is 0.958 bits per heavy atom. The van der Waals surface area contributed by atoms with Crippen LogP contribution in [0.5, 0.6) is 5.75 Å². The summed E-state index contributed by atoms with van der Waals surface area (Å²) in [6, 6.07) is 12.0. The van der Waals surface area contributed by atoms with Crippen molar-refractivity contribution >= 4 is 22.4 Å². The number of rotatable bonds is 1. The van der Waals surface area contributed by atoms with Crippen molar-refractivity contribution in [3.05, 3.63) is 69.1 Å². The Labute approximate surface area is 139 Å². The van der Waals surface area contributed by atoms with Crippen LogP contribution in [-0.2, 0) is 0 Å². The molecule has 0 aliphatic carbocycles. The Bertz CT molecular complexity index is 1040. The number of benzene rings is 2. The minimum absolute atomic E-state index is 0.328. The predicted molar refractivity (Wildman–Crippen MR) is 94.8 cm³/mol. The predicted octanol–water partition coefficient (Wildman–Crippen LogP) is 4.23. The second kappa shape index (κ2) is 5.34. The Morgan fingerprint density at radius 2 is 1.71 bits per heavy atom. The summed E-state index contributed by atoms with van der Waals surface area (Å²) in [6.07, 6.45) is 0. The van der Waals surface area contributed by atoms with Gasteiger partial charge in [-0.05, 0) is 44.0 Å². The lowest BCUT2D eigenvalue weighted by molar-refractivity contribution is 0.372. The van der Waals surface area contributed by atoms with Gasteiger partial charge in [0.1, 0.15) is 18.0 Å². The SMILES string of the molecule is Cc1ccc(C2=Nc3c(ccc4c(C)c(C)c(=O)oc34)OC2)cc1. The molecule has 4 rings (SSSR count). The molecule has 0 saturated carbocycles. The first-order valence-electron chi connectivity index (χ1n) is 7.89. The zero-order chi connectivity index (χ0) is 16.8. The van der Waals surface area contributed by atoms with Crippen molar-refractivity contribution in [1.82, 2.24) is 0 Å². The molecular weight excluding hydrogens is 302 g/mol. The van der Waals surface area contributed by atoms with Crippen LogP contribution in [0.1, 0.15) is 22.3 Å². The molecule has 2 heterocycles. The molecular formula is C20H17NO3. The number of ether oxygens (including phenoxy) is 1. The maximum atomic E-state index is 12.1. The first-order chi connectivity index (χ1) is 11.5. The smallest absolute Gasteiger partial charge is 0.339 e. The molecule has 4 nitrogen and oxygen atoms in total. The van der Waals surface area contributed by atoms with E-state index in [0.717, 1.165) is 22.2 Å². The van der Waals surface area contributed by atoms with Crippen molar-refractivity contribution < 1.29 is 9.15 Å². The molecule has 0 bridgehead atoms. The molecule has 0 N–H and O–H groups in total. The summed E-state index contributed by atoms with van der Waals surface area (Å²) in [7, 11) is 0. The second-order valence-corrected chi connectivity index (χ2v) is 6.14. The molecule has 0 spiro atoms. The molecule has 0 fully saturated rings. The minimum Gasteiger partial charge on any atom is -0.485 e.